The largest absolute Gasteiger partial charge is 0.391 e. The van der Waals surface area contributed by atoms with Crippen molar-refractivity contribution in [2.24, 2.45) is 0 Å². The van der Waals surface area contributed by atoms with E-state index in [1.807, 2.05) is 11.8 Å². The predicted molar refractivity (Wildman–Crippen MR) is 94.4 cm³/mol. The highest BCUT2D eigenvalue weighted by atomic mass is 32.2. The molecule has 1 aromatic carbocycles. The van der Waals surface area contributed by atoms with E-state index in [9.17, 15) is 0 Å². The molecular weight excluding hydrogens is 312 g/mol. The van der Waals surface area contributed by atoms with E-state index in [4.69, 9.17) is 13.6 Å². The Hall–Kier alpha value is -0.333. The van der Waals surface area contributed by atoms with E-state index in [1.54, 1.807) is 0 Å². The van der Waals surface area contributed by atoms with Gasteiger partial charge in [0.25, 0.3) is 0 Å². The van der Waals surface area contributed by atoms with E-state index in [0.29, 0.717) is 0 Å². The Morgan fingerprint density at radius 3 is 2.23 bits per heavy atom. The number of ether oxygens (including phenoxy) is 1. The van der Waals surface area contributed by atoms with E-state index in [0.717, 1.165) is 51.7 Å². The highest BCUT2D eigenvalue weighted by Crippen LogP contribution is 2.47. The first kappa shape index (κ1) is 18.0. The van der Waals surface area contributed by atoms with Gasteiger partial charge in [-0.15, -0.1) is 0 Å². The van der Waals surface area contributed by atoms with Crippen LogP contribution in [0.15, 0.2) is 28.0 Å². The zero-order valence-electron chi connectivity index (χ0n) is 14.0. The lowest BCUT2D eigenvalue weighted by Gasteiger charge is -2.31. The number of hydrogen-bond acceptors (Lipinski definition) is 4. The van der Waals surface area contributed by atoms with Crippen molar-refractivity contribution in [1.29, 1.82) is 0 Å². The summed E-state index contributed by atoms with van der Waals surface area (Å²) in [6, 6.07) is 7.39. The smallest absolute Gasteiger partial charge is 0.376 e. The van der Waals surface area contributed by atoms with Gasteiger partial charge >= 0.3 is 8.56 Å². The molecule has 0 aliphatic carbocycles. The van der Waals surface area contributed by atoms with Crippen LogP contribution in [0.5, 0.6) is 0 Å². The summed E-state index contributed by atoms with van der Waals surface area (Å²) in [4.78, 5) is 2.76. The first-order valence-corrected chi connectivity index (χ1v) is 11.3. The zero-order chi connectivity index (χ0) is 15.8. The molecule has 2 rings (SSSR count). The van der Waals surface area contributed by atoms with E-state index >= 15 is 0 Å². The fourth-order valence-electron chi connectivity index (χ4n) is 2.45. The van der Waals surface area contributed by atoms with Gasteiger partial charge in [-0.25, -0.2) is 0 Å². The summed E-state index contributed by atoms with van der Waals surface area (Å²) >= 11 is 1.86. The van der Waals surface area contributed by atoms with Crippen LogP contribution in [-0.2, 0) is 13.6 Å². The quantitative estimate of drug-likeness (QED) is 0.330. The minimum absolute atomic E-state index is 0.724. The maximum absolute atomic E-state index is 6.38. The van der Waals surface area contributed by atoms with Crippen molar-refractivity contribution in [3.63, 3.8) is 0 Å². The van der Waals surface area contributed by atoms with Gasteiger partial charge in [-0.1, -0.05) is 44.7 Å². The first-order valence-electron chi connectivity index (χ1n) is 8.44. The standard InChI is InChI=1S/C17H28O3SSi/c1-4-10-18-13-14-22(19-11-5-2,20-12-6-3)16-9-7-8-15-17(16)21-15/h7-9H,4-6,10-14H2,1-3H3. The molecule has 0 amide bonds. The molecule has 124 valence electrons. The Morgan fingerprint density at radius 1 is 0.909 bits per heavy atom. The Labute approximate surface area is 140 Å². The molecular formula is C17H28O3SSi. The minimum Gasteiger partial charge on any atom is -0.391 e. The number of fused-ring (bicyclic) bond motifs is 1. The van der Waals surface area contributed by atoms with Crippen molar-refractivity contribution >= 4 is 25.5 Å². The molecule has 1 heterocycles. The maximum Gasteiger partial charge on any atom is 0.376 e. The lowest BCUT2D eigenvalue weighted by Crippen LogP contribution is -2.55. The van der Waals surface area contributed by atoms with Crippen molar-refractivity contribution in [2.45, 2.75) is 55.9 Å². The molecule has 1 aromatic rings. The van der Waals surface area contributed by atoms with Gasteiger partial charge in [0.1, 0.15) is 0 Å². The van der Waals surface area contributed by atoms with Crippen LogP contribution in [0.4, 0.5) is 0 Å². The molecule has 0 saturated carbocycles. The average Bonchev–Trinajstić information content (AvgIpc) is 3.33. The fraction of sp³-hybridized carbons (Fsp3) is 0.647. The summed E-state index contributed by atoms with van der Waals surface area (Å²) in [6.07, 6.45) is 3.08. The highest BCUT2D eigenvalue weighted by Gasteiger charge is 2.44. The van der Waals surface area contributed by atoms with Crippen LogP contribution in [0, 0.1) is 0 Å². The van der Waals surface area contributed by atoms with Crippen LogP contribution >= 0.6 is 11.8 Å². The molecule has 0 atom stereocenters. The van der Waals surface area contributed by atoms with E-state index in [1.165, 1.54) is 15.0 Å². The summed E-state index contributed by atoms with van der Waals surface area (Å²) in [7, 11) is -2.40. The Balaban J connectivity index is 2.17. The second-order valence-electron chi connectivity index (χ2n) is 5.55. The molecule has 1 aliphatic heterocycles. The third kappa shape index (κ3) is 4.58. The molecule has 3 nitrogen and oxygen atoms in total. The second kappa shape index (κ2) is 9.08. The molecule has 0 fully saturated rings. The van der Waals surface area contributed by atoms with Gasteiger partial charge in [0.15, 0.2) is 0 Å². The van der Waals surface area contributed by atoms with Gasteiger partial charge in [0.05, 0.1) is 0 Å². The van der Waals surface area contributed by atoms with Crippen molar-refractivity contribution in [2.75, 3.05) is 26.4 Å². The maximum atomic E-state index is 6.38. The molecule has 0 unspecified atom stereocenters. The van der Waals surface area contributed by atoms with Gasteiger partial charge in [0.2, 0.25) is 0 Å². The minimum atomic E-state index is -2.40. The first-order chi connectivity index (χ1) is 10.8. The monoisotopic (exact) mass is 340 g/mol. The Morgan fingerprint density at radius 2 is 1.59 bits per heavy atom. The van der Waals surface area contributed by atoms with Crippen molar-refractivity contribution in [1.82, 2.24) is 0 Å². The molecule has 0 bridgehead atoms. The van der Waals surface area contributed by atoms with Gasteiger partial charge < -0.3 is 13.6 Å². The molecule has 0 aromatic heterocycles. The van der Waals surface area contributed by atoms with Crippen molar-refractivity contribution in [3.05, 3.63) is 18.2 Å². The van der Waals surface area contributed by atoms with E-state index in [2.05, 4.69) is 39.0 Å². The van der Waals surface area contributed by atoms with Crippen molar-refractivity contribution < 1.29 is 13.6 Å². The summed E-state index contributed by atoms with van der Waals surface area (Å²) in [5, 5.41) is 1.32. The van der Waals surface area contributed by atoms with Crippen LogP contribution in [0.1, 0.15) is 40.0 Å². The molecule has 22 heavy (non-hydrogen) atoms. The molecule has 0 radical (unpaired) electrons. The van der Waals surface area contributed by atoms with Crippen LogP contribution in [0.3, 0.4) is 0 Å². The zero-order valence-corrected chi connectivity index (χ0v) is 15.8. The summed E-state index contributed by atoms with van der Waals surface area (Å²) in [6.45, 7) is 9.50. The van der Waals surface area contributed by atoms with Crippen molar-refractivity contribution in [3.8, 4) is 0 Å². The van der Waals surface area contributed by atoms with Crippen LogP contribution in [0.25, 0.3) is 0 Å². The third-order valence-electron chi connectivity index (χ3n) is 3.56. The summed E-state index contributed by atoms with van der Waals surface area (Å²) in [5.74, 6) is 0. The average molecular weight is 341 g/mol. The molecule has 1 aliphatic rings. The lowest BCUT2D eigenvalue weighted by atomic mass is 10.4. The summed E-state index contributed by atoms with van der Waals surface area (Å²) < 4.78 is 18.5. The fourth-order valence-corrected chi connectivity index (χ4v) is 7.10. The van der Waals surface area contributed by atoms with Gasteiger partial charge in [0, 0.05) is 47.4 Å². The second-order valence-corrected chi connectivity index (χ2v) is 9.72. The van der Waals surface area contributed by atoms with E-state index < -0.39 is 8.56 Å². The lowest BCUT2D eigenvalue weighted by molar-refractivity contribution is 0.127. The number of hydrogen-bond donors (Lipinski definition) is 0. The summed E-state index contributed by atoms with van der Waals surface area (Å²) in [5.41, 5.74) is 0. The van der Waals surface area contributed by atoms with Crippen LogP contribution in [0.2, 0.25) is 6.04 Å². The topological polar surface area (TPSA) is 27.7 Å². The normalized spacial score (nSPS) is 13.2. The van der Waals surface area contributed by atoms with Gasteiger partial charge in [-0.2, -0.15) is 0 Å². The number of rotatable bonds is 12. The Kier molecular flexibility index (Phi) is 7.44. The molecule has 0 spiro atoms. The SMILES string of the molecule is CCCOCC[Si](OCCC)(OCCC)c1cccc2c1S2. The molecule has 0 N–H and O–H groups in total. The predicted octanol–water partition coefficient (Wildman–Crippen LogP) is 4.08. The molecule has 0 saturated heterocycles. The number of benzene rings is 1. The van der Waals surface area contributed by atoms with Crippen LogP contribution < -0.4 is 5.19 Å². The van der Waals surface area contributed by atoms with Gasteiger partial charge in [-0.05, 0) is 25.3 Å². The third-order valence-corrected chi connectivity index (χ3v) is 8.18. The molecule has 5 heteroatoms. The highest BCUT2D eigenvalue weighted by molar-refractivity contribution is 8.05. The van der Waals surface area contributed by atoms with Crippen LogP contribution in [-0.4, -0.2) is 35.0 Å². The van der Waals surface area contributed by atoms with Gasteiger partial charge in [-0.3, -0.25) is 0 Å². The Bertz CT molecular complexity index is 459. The van der Waals surface area contributed by atoms with E-state index in [-0.39, 0.29) is 0 Å².